The van der Waals surface area contributed by atoms with Gasteiger partial charge >= 0.3 is 0 Å². The van der Waals surface area contributed by atoms with Crippen LogP contribution >= 0.6 is 22.9 Å². The highest BCUT2D eigenvalue weighted by Crippen LogP contribution is 2.32. The Bertz CT molecular complexity index is 1190. The van der Waals surface area contributed by atoms with Crippen LogP contribution in [-0.2, 0) is 17.8 Å². The molecule has 30 heavy (non-hydrogen) atoms. The van der Waals surface area contributed by atoms with Gasteiger partial charge in [-0.05, 0) is 61.2 Å². The highest BCUT2D eigenvalue weighted by Gasteiger charge is 2.22. The van der Waals surface area contributed by atoms with Gasteiger partial charge in [0.05, 0.1) is 23.2 Å². The van der Waals surface area contributed by atoms with E-state index in [9.17, 15) is 4.79 Å². The molecule has 0 radical (unpaired) electrons. The third-order valence-corrected chi connectivity index (χ3v) is 6.50. The van der Waals surface area contributed by atoms with Crippen molar-refractivity contribution in [3.63, 3.8) is 0 Å². The molecule has 4 aromatic rings. The van der Waals surface area contributed by atoms with Gasteiger partial charge in [-0.25, -0.2) is 4.98 Å². The molecule has 0 fully saturated rings. The van der Waals surface area contributed by atoms with Gasteiger partial charge in [0.15, 0.2) is 5.13 Å². The van der Waals surface area contributed by atoms with E-state index in [-0.39, 0.29) is 5.91 Å². The van der Waals surface area contributed by atoms with Crippen molar-refractivity contribution in [3.8, 4) is 0 Å². The maximum Gasteiger partial charge on any atom is 0.233 e. The van der Waals surface area contributed by atoms with Crippen LogP contribution in [-0.4, -0.2) is 10.9 Å². The number of hydrogen-bond donors (Lipinski definition) is 0. The number of halogens is 1. The maximum atomic E-state index is 13.5. The van der Waals surface area contributed by atoms with Crippen molar-refractivity contribution in [2.75, 3.05) is 4.90 Å². The zero-order chi connectivity index (χ0) is 21.3. The molecule has 1 amide bonds. The molecule has 0 saturated carbocycles. The molecule has 0 spiro atoms. The summed E-state index contributed by atoms with van der Waals surface area (Å²) in [5.41, 5.74) is 6.53. The number of anilines is 1. The van der Waals surface area contributed by atoms with Gasteiger partial charge in [-0.1, -0.05) is 71.0 Å². The van der Waals surface area contributed by atoms with Gasteiger partial charge < -0.3 is 0 Å². The van der Waals surface area contributed by atoms with Gasteiger partial charge in [0.25, 0.3) is 0 Å². The standard InChI is InChI=1S/C25H23ClN2OS/c1-16-11-17(2)21(18(3)12-16)14-24(29)28(15-19-7-5-4-6-8-19)25-27-22-10-9-20(26)13-23(22)30-25/h4-13H,14-15H2,1-3H3. The first kappa shape index (κ1) is 20.6. The Kier molecular flexibility index (Phi) is 5.89. The average Bonchev–Trinajstić information content (AvgIpc) is 3.12. The number of aromatic nitrogens is 1. The molecular weight excluding hydrogens is 412 g/mol. The molecule has 0 aliphatic rings. The van der Waals surface area contributed by atoms with Crippen molar-refractivity contribution in [3.05, 3.63) is 93.5 Å². The van der Waals surface area contributed by atoms with Gasteiger partial charge in [-0.15, -0.1) is 0 Å². The van der Waals surface area contributed by atoms with Gasteiger partial charge in [0.1, 0.15) is 0 Å². The van der Waals surface area contributed by atoms with E-state index in [1.807, 2.05) is 48.5 Å². The number of nitrogens with zero attached hydrogens (tertiary/aromatic N) is 2. The van der Waals surface area contributed by atoms with Gasteiger partial charge in [-0.2, -0.15) is 0 Å². The fourth-order valence-corrected chi connectivity index (χ4v) is 5.02. The van der Waals surface area contributed by atoms with E-state index in [1.54, 1.807) is 4.90 Å². The molecule has 1 heterocycles. The van der Waals surface area contributed by atoms with Crippen molar-refractivity contribution >= 4 is 44.2 Å². The molecule has 0 aliphatic heterocycles. The normalized spacial score (nSPS) is 11.1. The van der Waals surface area contributed by atoms with Crippen molar-refractivity contribution in [1.29, 1.82) is 0 Å². The Balaban J connectivity index is 1.71. The summed E-state index contributed by atoms with van der Waals surface area (Å²) in [6.07, 6.45) is 0.349. The molecule has 0 N–H and O–H groups in total. The fraction of sp³-hybridized carbons (Fsp3) is 0.200. The maximum absolute atomic E-state index is 13.5. The number of hydrogen-bond acceptors (Lipinski definition) is 3. The van der Waals surface area contributed by atoms with E-state index in [2.05, 4.69) is 32.9 Å². The van der Waals surface area contributed by atoms with Crippen LogP contribution in [0.2, 0.25) is 5.02 Å². The van der Waals surface area contributed by atoms with Crippen LogP contribution in [0.15, 0.2) is 60.7 Å². The lowest BCUT2D eigenvalue weighted by atomic mass is 9.97. The quantitative estimate of drug-likeness (QED) is 0.352. The Morgan fingerprint density at radius 3 is 2.40 bits per heavy atom. The van der Waals surface area contributed by atoms with Crippen LogP contribution in [0.4, 0.5) is 5.13 Å². The number of carbonyl (C=O) groups excluding carboxylic acids is 1. The topological polar surface area (TPSA) is 33.2 Å². The van der Waals surface area contributed by atoms with E-state index < -0.39 is 0 Å². The van der Waals surface area contributed by atoms with Crippen LogP contribution in [0.5, 0.6) is 0 Å². The monoisotopic (exact) mass is 434 g/mol. The summed E-state index contributed by atoms with van der Waals surface area (Å²) < 4.78 is 0.978. The minimum Gasteiger partial charge on any atom is -0.283 e. The van der Waals surface area contributed by atoms with Crippen molar-refractivity contribution in [2.24, 2.45) is 0 Å². The Morgan fingerprint density at radius 2 is 1.70 bits per heavy atom. The third-order valence-electron chi connectivity index (χ3n) is 5.22. The molecule has 0 unspecified atom stereocenters. The first-order valence-electron chi connectivity index (χ1n) is 9.88. The molecule has 1 aromatic heterocycles. The molecule has 0 bridgehead atoms. The second kappa shape index (κ2) is 8.58. The second-order valence-electron chi connectivity index (χ2n) is 7.63. The van der Waals surface area contributed by atoms with Gasteiger partial charge in [0, 0.05) is 5.02 Å². The third kappa shape index (κ3) is 4.40. The second-order valence-corrected chi connectivity index (χ2v) is 9.07. The molecule has 3 aromatic carbocycles. The zero-order valence-electron chi connectivity index (χ0n) is 17.3. The molecule has 5 heteroatoms. The predicted molar refractivity (Wildman–Crippen MR) is 127 cm³/mol. The lowest BCUT2D eigenvalue weighted by molar-refractivity contribution is -0.118. The fourth-order valence-electron chi connectivity index (χ4n) is 3.77. The molecule has 0 atom stereocenters. The van der Waals surface area contributed by atoms with E-state index in [1.165, 1.54) is 16.9 Å². The van der Waals surface area contributed by atoms with E-state index >= 15 is 0 Å². The van der Waals surface area contributed by atoms with Crippen LogP contribution in [0.1, 0.15) is 27.8 Å². The van der Waals surface area contributed by atoms with Gasteiger partial charge in [0.2, 0.25) is 5.91 Å². The lowest BCUT2D eigenvalue weighted by Crippen LogP contribution is -2.32. The summed E-state index contributed by atoms with van der Waals surface area (Å²) in [7, 11) is 0. The summed E-state index contributed by atoms with van der Waals surface area (Å²) in [6.45, 7) is 6.71. The zero-order valence-corrected chi connectivity index (χ0v) is 18.8. The van der Waals surface area contributed by atoms with Gasteiger partial charge in [-0.3, -0.25) is 9.69 Å². The van der Waals surface area contributed by atoms with Crippen LogP contribution in [0.25, 0.3) is 10.2 Å². The van der Waals surface area contributed by atoms with Crippen LogP contribution < -0.4 is 4.90 Å². The minimum absolute atomic E-state index is 0.0408. The van der Waals surface area contributed by atoms with Crippen molar-refractivity contribution < 1.29 is 4.79 Å². The first-order valence-corrected chi connectivity index (χ1v) is 11.1. The lowest BCUT2D eigenvalue weighted by Gasteiger charge is -2.21. The Hall–Kier alpha value is -2.69. The number of carbonyl (C=O) groups is 1. The van der Waals surface area contributed by atoms with Crippen LogP contribution in [0.3, 0.4) is 0 Å². The number of rotatable bonds is 5. The molecule has 4 rings (SSSR count). The molecular formula is C25H23ClN2OS. The number of amides is 1. The number of fused-ring (bicyclic) bond motifs is 1. The van der Waals surface area contributed by atoms with E-state index in [0.29, 0.717) is 23.1 Å². The first-order chi connectivity index (χ1) is 14.4. The highest BCUT2D eigenvalue weighted by molar-refractivity contribution is 7.22. The van der Waals surface area contributed by atoms with E-state index in [0.717, 1.165) is 32.5 Å². The largest absolute Gasteiger partial charge is 0.283 e. The molecule has 0 saturated heterocycles. The molecule has 152 valence electrons. The summed E-state index contributed by atoms with van der Waals surface area (Å²) in [5, 5.41) is 1.37. The summed E-state index contributed by atoms with van der Waals surface area (Å²) in [5.74, 6) is 0.0408. The number of aryl methyl sites for hydroxylation is 3. The predicted octanol–water partition coefficient (Wildman–Crippen LogP) is 6.65. The number of thiazole rings is 1. The Labute approximate surface area is 186 Å². The van der Waals surface area contributed by atoms with Crippen molar-refractivity contribution in [1.82, 2.24) is 4.98 Å². The Morgan fingerprint density at radius 1 is 1.00 bits per heavy atom. The minimum atomic E-state index is 0.0408. The summed E-state index contributed by atoms with van der Waals surface area (Å²) >= 11 is 7.65. The number of benzene rings is 3. The highest BCUT2D eigenvalue weighted by atomic mass is 35.5. The SMILES string of the molecule is Cc1cc(C)c(CC(=O)N(Cc2ccccc2)c2nc3ccc(Cl)cc3s2)c(C)c1. The molecule has 0 aliphatic carbocycles. The van der Waals surface area contributed by atoms with E-state index in [4.69, 9.17) is 16.6 Å². The van der Waals surface area contributed by atoms with Crippen molar-refractivity contribution in [2.45, 2.75) is 33.7 Å². The summed E-state index contributed by atoms with van der Waals surface area (Å²) in [4.78, 5) is 20.1. The smallest absolute Gasteiger partial charge is 0.233 e. The van der Waals surface area contributed by atoms with Crippen LogP contribution in [0, 0.1) is 20.8 Å². The molecule has 3 nitrogen and oxygen atoms in total. The summed E-state index contributed by atoms with van der Waals surface area (Å²) in [6, 6.07) is 19.9. The average molecular weight is 435 g/mol.